The molecule has 0 amide bonds. The van der Waals surface area contributed by atoms with Gasteiger partial charge in [0.1, 0.15) is 5.69 Å². The van der Waals surface area contributed by atoms with Crippen LogP contribution in [0.1, 0.15) is 17.2 Å². The molecule has 0 saturated heterocycles. The van der Waals surface area contributed by atoms with Gasteiger partial charge in [-0.3, -0.25) is 0 Å². The van der Waals surface area contributed by atoms with E-state index in [-0.39, 0.29) is 18.8 Å². The van der Waals surface area contributed by atoms with Crippen molar-refractivity contribution in [3.8, 4) is 22.8 Å². The zero-order valence-electron chi connectivity index (χ0n) is 14.5. The summed E-state index contributed by atoms with van der Waals surface area (Å²) in [6.45, 7) is 0.235. The maximum absolute atomic E-state index is 5.97. The molecule has 4 heterocycles. The van der Waals surface area contributed by atoms with E-state index in [1.165, 1.54) is 0 Å². The number of nitrogens with zero attached hydrogens (tertiary/aromatic N) is 3. The topological polar surface area (TPSA) is 86.7 Å². The number of hydrogen-bond donors (Lipinski definition) is 2. The number of fused-ring (bicyclic) bond motifs is 3. The Balaban J connectivity index is 1.66. The van der Waals surface area contributed by atoms with Crippen LogP contribution in [0.25, 0.3) is 16.8 Å². The van der Waals surface area contributed by atoms with Crippen molar-refractivity contribution in [2.45, 2.75) is 6.04 Å². The fourth-order valence-electron chi connectivity index (χ4n) is 3.93. The lowest BCUT2D eigenvalue weighted by Crippen LogP contribution is -2.12. The Kier molecular flexibility index (Phi) is 3.16. The first-order valence-corrected chi connectivity index (χ1v) is 9.58. The molecule has 2 aliphatic rings. The summed E-state index contributed by atoms with van der Waals surface area (Å²) in [5.41, 5.74) is 11.8. The highest BCUT2D eigenvalue weighted by Crippen LogP contribution is 2.46. The zero-order valence-corrected chi connectivity index (χ0v) is 16.1. The van der Waals surface area contributed by atoms with Crippen molar-refractivity contribution in [3.05, 3.63) is 64.3 Å². The van der Waals surface area contributed by atoms with E-state index < -0.39 is 0 Å². The second kappa shape index (κ2) is 5.62. The first kappa shape index (κ1) is 15.8. The summed E-state index contributed by atoms with van der Waals surface area (Å²) >= 11 is 3.71. The van der Waals surface area contributed by atoms with Gasteiger partial charge in [0.25, 0.3) is 0 Å². The molecule has 2 aromatic heterocycles. The Morgan fingerprint density at radius 3 is 2.82 bits per heavy atom. The SMILES string of the molecule is Nc1nc2c3c(ccn3n1)C(c1cc3c(cc1Br)OCO3)Nc1ccccc1-2. The lowest BCUT2D eigenvalue weighted by molar-refractivity contribution is 0.174. The number of para-hydroxylation sites is 1. The van der Waals surface area contributed by atoms with Crippen LogP contribution in [-0.2, 0) is 0 Å². The van der Waals surface area contributed by atoms with Crippen LogP contribution in [0.3, 0.4) is 0 Å². The molecule has 0 saturated carbocycles. The molecule has 0 spiro atoms. The van der Waals surface area contributed by atoms with Gasteiger partial charge in [0.15, 0.2) is 11.5 Å². The molecule has 3 N–H and O–H groups in total. The Morgan fingerprint density at radius 1 is 1.11 bits per heavy atom. The van der Waals surface area contributed by atoms with Crippen LogP contribution >= 0.6 is 15.9 Å². The molecule has 2 aromatic carbocycles. The second-order valence-electron chi connectivity index (χ2n) is 6.73. The summed E-state index contributed by atoms with van der Waals surface area (Å²) in [5, 5.41) is 8.03. The van der Waals surface area contributed by atoms with Gasteiger partial charge in [-0.15, -0.1) is 5.10 Å². The third-order valence-corrected chi connectivity index (χ3v) is 5.84. The van der Waals surface area contributed by atoms with E-state index in [1.54, 1.807) is 4.52 Å². The summed E-state index contributed by atoms with van der Waals surface area (Å²) in [7, 11) is 0. The quantitative estimate of drug-likeness (QED) is 0.470. The number of nitrogens with one attached hydrogen (secondary N) is 1. The summed E-state index contributed by atoms with van der Waals surface area (Å²) in [6.07, 6.45) is 1.91. The average molecular weight is 436 g/mol. The maximum atomic E-state index is 5.97. The first-order chi connectivity index (χ1) is 13.7. The van der Waals surface area contributed by atoms with E-state index >= 15 is 0 Å². The summed E-state index contributed by atoms with van der Waals surface area (Å²) < 4.78 is 13.8. The molecule has 1 atom stereocenters. The van der Waals surface area contributed by atoms with E-state index in [9.17, 15) is 0 Å². The molecule has 7 nitrogen and oxygen atoms in total. The Morgan fingerprint density at radius 2 is 1.93 bits per heavy atom. The van der Waals surface area contributed by atoms with Crippen LogP contribution in [-0.4, -0.2) is 21.4 Å². The largest absolute Gasteiger partial charge is 0.454 e. The fraction of sp³-hybridized carbons (Fsp3) is 0.100. The van der Waals surface area contributed by atoms with Crippen LogP contribution in [0, 0.1) is 0 Å². The van der Waals surface area contributed by atoms with Crippen molar-refractivity contribution in [2.24, 2.45) is 0 Å². The smallest absolute Gasteiger partial charge is 0.238 e. The minimum absolute atomic E-state index is 0.136. The number of ether oxygens (including phenoxy) is 2. The monoisotopic (exact) mass is 435 g/mol. The molecule has 0 radical (unpaired) electrons. The average Bonchev–Trinajstić information content (AvgIpc) is 3.28. The van der Waals surface area contributed by atoms with Gasteiger partial charge in [-0.25, -0.2) is 9.50 Å². The minimum Gasteiger partial charge on any atom is -0.454 e. The number of aromatic nitrogens is 3. The standard InChI is InChI=1S/C20H14BrN5O2/c21-13-8-16-15(27-9-28-16)7-12(13)17-11-5-6-26-19(11)18(24-20(22)25-26)10-3-1-2-4-14(10)23-17/h1-8,17,23H,9H2,(H2,22,25). The number of anilines is 2. The van der Waals surface area contributed by atoms with Gasteiger partial charge < -0.3 is 20.5 Å². The van der Waals surface area contributed by atoms with Crippen LogP contribution in [0.15, 0.2) is 53.1 Å². The van der Waals surface area contributed by atoms with Gasteiger partial charge in [0, 0.05) is 27.5 Å². The van der Waals surface area contributed by atoms with Gasteiger partial charge in [0.2, 0.25) is 12.7 Å². The van der Waals surface area contributed by atoms with Crippen LogP contribution in [0.2, 0.25) is 0 Å². The molecular formula is C20H14BrN5O2. The van der Waals surface area contributed by atoms with Crippen molar-refractivity contribution in [1.82, 2.24) is 14.6 Å². The van der Waals surface area contributed by atoms with Gasteiger partial charge in [-0.1, -0.05) is 34.1 Å². The number of nitrogens with two attached hydrogens (primary N) is 1. The van der Waals surface area contributed by atoms with E-state index in [0.29, 0.717) is 0 Å². The van der Waals surface area contributed by atoms with E-state index in [2.05, 4.69) is 31.3 Å². The third-order valence-electron chi connectivity index (χ3n) is 5.15. The van der Waals surface area contributed by atoms with Crippen molar-refractivity contribution >= 4 is 33.1 Å². The molecule has 8 heteroatoms. The lowest BCUT2D eigenvalue weighted by Gasteiger charge is -2.21. The highest BCUT2D eigenvalue weighted by atomic mass is 79.9. The van der Waals surface area contributed by atoms with Crippen molar-refractivity contribution < 1.29 is 9.47 Å². The third kappa shape index (κ3) is 2.15. The predicted octanol–water partition coefficient (Wildman–Crippen LogP) is 3.98. The summed E-state index contributed by atoms with van der Waals surface area (Å²) in [4.78, 5) is 4.56. The molecule has 138 valence electrons. The summed E-state index contributed by atoms with van der Waals surface area (Å²) in [6, 6.07) is 14.0. The minimum atomic E-state index is -0.136. The normalized spacial score (nSPS) is 16.5. The molecule has 1 unspecified atom stereocenters. The van der Waals surface area contributed by atoms with Crippen molar-refractivity contribution in [3.63, 3.8) is 0 Å². The van der Waals surface area contributed by atoms with Crippen molar-refractivity contribution in [2.75, 3.05) is 17.8 Å². The molecule has 0 aliphatic carbocycles. The second-order valence-corrected chi connectivity index (χ2v) is 7.59. The van der Waals surface area contributed by atoms with Gasteiger partial charge in [-0.2, -0.15) is 0 Å². The number of halogens is 1. The fourth-order valence-corrected chi connectivity index (χ4v) is 4.49. The molecule has 2 aliphatic heterocycles. The maximum Gasteiger partial charge on any atom is 0.238 e. The van der Waals surface area contributed by atoms with Crippen molar-refractivity contribution in [1.29, 1.82) is 0 Å². The van der Waals surface area contributed by atoms with E-state index in [0.717, 1.165) is 49.6 Å². The molecule has 0 fully saturated rings. The Hall–Kier alpha value is -3.26. The first-order valence-electron chi connectivity index (χ1n) is 8.79. The molecule has 28 heavy (non-hydrogen) atoms. The van der Waals surface area contributed by atoms with Gasteiger partial charge in [0.05, 0.1) is 11.6 Å². The van der Waals surface area contributed by atoms with Crippen LogP contribution < -0.4 is 20.5 Å². The van der Waals surface area contributed by atoms with Gasteiger partial charge >= 0.3 is 0 Å². The molecule has 0 bridgehead atoms. The number of benzene rings is 2. The highest BCUT2D eigenvalue weighted by molar-refractivity contribution is 9.10. The number of nitrogen functional groups attached to an aromatic ring is 1. The van der Waals surface area contributed by atoms with Crippen LogP contribution in [0.5, 0.6) is 11.5 Å². The molecule has 6 rings (SSSR count). The zero-order chi connectivity index (χ0) is 18.8. The Bertz CT molecular complexity index is 1270. The molecular weight excluding hydrogens is 422 g/mol. The molecule has 4 aromatic rings. The summed E-state index contributed by atoms with van der Waals surface area (Å²) in [5.74, 6) is 1.71. The number of rotatable bonds is 1. The van der Waals surface area contributed by atoms with E-state index in [4.69, 9.17) is 15.2 Å². The predicted molar refractivity (Wildman–Crippen MR) is 109 cm³/mol. The van der Waals surface area contributed by atoms with Gasteiger partial charge in [-0.05, 0) is 29.8 Å². The number of hydrogen-bond acceptors (Lipinski definition) is 6. The van der Waals surface area contributed by atoms with E-state index in [1.807, 2.05) is 48.7 Å². The van der Waals surface area contributed by atoms with Crippen LogP contribution in [0.4, 0.5) is 11.6 Å². The lowest BCUT2D eigenvalue weighted by atomic mass is 9.99. The highest BCUT2D eigenvalue weighted by Gasteiger charge is 2.29. The Labute approximate surface area is 168 Å².